The standard InChI is InChI=1S/C11H10ClN3O2/c1-2-17-11(16)10-13-9(14-15-10)7-3-5-8(12)6-4-7/h3-6H,2H2,1H3,(H,13,14,15). The summed E-state index contributed by atoms with van der Waals surface area (Å²) in [4.78, 5) is 15.4. The van der Waals surface area contributed by atoms with Crippen LogP contribution in [0.5, 0.6) is 0 Å². The first-order valence-corrected chi connectivity index (χ1v) is 5.44. The van der Waals surface area contributed by atoms with Crippen molar-refractivity contribution in [1.82, 2.24) is 15.2 Å². The molecule has 0 unspecified atom stereocenters. The molecule has 0 atom stereocenters. The third-order valence-corrected chi connectivity index (χ3v) is 2.31. The van der Waals surface area contributed by atoms with Gasteiger partial charge in [-0.25, -0.2) is 9.78 Å². The molecule has 0 saturated carbocycles. The van der Waals surface area contributed by atoms with Crippen LogP contribution in [0.25, 0.3) is 11.4 Å². The molecule has 2 rings (SSSR count). The smallest absolute Gasteiger partial charge is 0.375 e. The highest BCUT2D eigenvalue weighted by Gasteiger charge is 2.13. The van der Waals surface area contributed by atoms with E-state index in [1.54, 1.807) is 31.2 Å². The van der Waals surface area contributed by atoms with Crippen molar-refractivity contribution in [2.45, 2.75) is 6.92 Å². The average molecular weight is 252 g/mol. The Kier molecular flexibility index (Phi) is 3.39. The van der Waals surface area contributed by atoms with Crippen molar-refractivity contribution >= 4 is 17.6 Å². The Labute approximate surface area is 103 Å². The molecule has 0 aliphatic heterocycles. The van der Waals surface area contributed by atoms with Crippen LogP contribution in [-0.4, -0.2) is 27.8 Å². The van der Waals surface area contributed by atoms with Gasteiger partial charge in [0.05, 0.1) is 6.61 Å². The van der Waals surface area contributed by atoms with Crippen LogP contribution in [0.4, 0.5) is 0 Å². The summed E-state index contributed by atoms with van der Waals surface area (Å²) in [5.41, 5.74) is 0.779. The molecule has 0 amide bonds. The molecule has 0 bridgehead atoms. The van der Waals surface area contributed by atoms with Gasteiger partial charge in [-0.15, -0.1) is 0 Å². The maximum atomic E-state index is 11.4. The van der Waals surface area contributed by atoms with Crippen molar-refractivity contribution < 1.29 is 9.53 Å². The van der Waals surface area contributed by atoms with Crippen LogP contribution in [-0.2, 0) is 4.74 Å². The van der Waals surface area contributed by atoms with Gasteiger partial charge in [0.25, 0.3) is 0 Å². The van der Waals surface area contributed by atoms with E-state index in [2.05, 4.69) is 15.2 Å². The summed E-state index contributed by atoms with van der Waals surface area (Å²) in [6.07, 6.45) is 0. The van der Waals surface area contributed by atoms with Crippen LogP contribution in [0.2, 0.25) is 5.02 Å². The Hall–Kier alpha value is -1.88. The zero-order valence-electron chi connectivity index (χ0n) is 9.11. The minimum Gasteiger partial charge on any atom is -0.460 e. The Bertz CT molecular complexity index is 522. The van der Waals surface area contributed by atoms with E-state index in [4.69, 9.17) is 16.3 Å². The van der Waals surface area contributed by atoms with Gasteiger partial charge in [0, 0.05) is 10.6 Å². The number of halogens is 1. The minimum absolute atomic E-state index is 0.0943. The van der Waals surface area contributed by atoms with Gasteiger partial charge in [-0.3, -0.25) is 5.10 Å². The van der Waals surface area contributed by atoms with Crippen molar-refractivity contribution in [1.29, 1.82) is 0 Å². The minimum atomic E-state index is -0.514. The number of rotatable bonds is 3. The first-order chi connectivity index (χ1) is 8.20. The number of esters is 1. The van der Waals surface area contributed by atoms with Crippen LogP contribution in [0.3, 0.4) is 0 Å². The number of hydrogen-bond acceptors (Lipinski definition) is 4. The van der Waals surface area contributed by atoms with E-state index in [-0.39, 0.29) is 5.82 Å². The summed E-state index contributed by atoms with van der Waals surface area (Å²) in [6, 6.07) is 7.02. The number of hydrogen-bond donors (Lipinski definition) is 1. The second-order valence-corrected chi connectivity index (χ2v) is 3.67. The zero-order valence-corrected chi connectivity index (χ0v) is 9.86. The molecular formula is C11H10ClN3O2. The van der Waals surface area contributed by atoms with E-state index in [9.17, 15) is 4.79 Å². The lowest BCUT2D eigenvalue weighted by Crippen LogP contribution is -2.06. The number of carbonyl (C=O) groups excluding carboxylic acids is 1. The van der Waals surface area contributed by atoms with Crippen LogP contribution in [0, 0.1) is 0 Å². The molecule has 1 aromatic heterocycles. The summed E-state index contributed by atoms with van der Waals surface area (Å²) >= 11 is 5.77. The van der Waals surface area contributed by atoms with Gasteiger partial charge < -0.3 is 4.74 Å². The fourth-order valence-corrected chi connectivity index (χ4v) is 1.41. The molecule has 1 aromatic carbocycles. The monoisotopic (exact) mass is 251 g/mol. The molecule has 0 fully saturated rings. The third kappa shape index (κ3) is 2.62. The number of nitrogens with one attached hydrogen (secondary N) is 1. The Balaban J connectivity index is 2.23. The fraction of sp³-hybridized carbons (Fsp3) is 0.182. The number of benzene rings is 1. The zero-order chi connectivity index (χ0) is 12.3. The summed E-state index contributed by atoms with van der Waals surface area (Å²) in [6.45, 7) is 2.03. The van der Waals surface area contributed by atoms with E-state index in [1.807, 2.05) is 0 Å². The van der Waals surface area contributed by atoms with Gasteiger partial charge in [-0.1, -0.05) is 11.6 Å². The van der Waals surface area contributed by atoms with Gasteiger partial charge in [-0.05, 0) is 31.2 Å². The molecule has 17 heavy (non-hydrogen) atoms. The van der Waals surface area contributed by atoms with E-state index in [0.29, 0.717) is 17.5 Å². The Morgan fingerprint density at radius 1 is 1.41 bits per heavy atom. The molecule has 1 heterocycles. The molecule has 0 aliphatic carbocycles. The SMILES string of the molecule is CCOC(=O)c1nc(-c2ccc(Cl)cc2)n[nH]1. The Morgan fingerprint density at radius 3 is 2.76 bits per heavy atom. The second kappa shape index (κ2) is 4.97. The topological polar surface area (TPSA) is 67.9 Å². The number of carbonyl (C=O) groups is 1. The Morgan fingerprint density at radius 2 is 2.12 bits per heavy atom. The first kappa shape index (κ1) is 11.6. The lowest BCUT2D eigenvalue weighted by atomic mass is 10.2. The predicted octanol–water partition coefficient (Wildman–Crippen LogP) is 2.30. The molecule has 1 N–H and O–H groups in total. The highest BCUT2D eigenvalue weighted by atomic mass is 35.5. The highest BCUT2D eigenvalue weighted by Crippen LogP contribution is 2.17. The predicted molar refractivity (Wildman–Crippen MR) is 62.8 cm³/mol. The van der Waals surface area contributed by atoms with Crippen LogP contribution >= 0.6 is 11.6 Å². The number of aromatic nitrogens is 3. The average Bonchev–Trinajstić information content (AvgIpc) is 2.80. The number of aromatic amines is 1. The van der Waals surface area contributed by atoms with Crippen LogP contribution in [0.15, 0.2) is 24.3 Å². The van der Waals surface area contributed by atoms with Crippen molar-refractivity contribution in [3.05, 3.63) is 35.1 Å². The van der Waals surface area contributed by atoms with Crippen LogP contribution in [0.1, 0.15) is 17.5 Å². The normalized spacial score (nSPS) is 10.2. The molecular weight excluding hydrogens is 242 g/mol. The summed E-state index contributed by atoms with van der Waals surface area (Å²) in [5, 5.41) is 7.11. The first-order valence-electron chi connectivity index (χ1n) is 5.06. The van der Waals surface area contributed by atoms with Gasteiger partial charge in [0.2, 0.25) is 5.82 Å². The fourth-order valence-electron chi connectivity index (χ4n) is 1.28. The molecule has 2 aromatic rings. The summed E-state index contributed by atoms with van der Waals surface area (Å²) in [7, 11) is 0. The van der Waals surface area contributed by atoms with E-state index < -0.39 is 5.97 Å². The maximum Gasteiger partial charge on any atom is 0.375 e. The molecule has 0 aliphatic rings. The number of nitrogens with zero attached hydrogens (tertiary/aromatic N) is 2. The van der Waals surface area contributed by atoms with Crippen molar-refractivity contribution in [2.75, 3.05) is 6.61 Å². The van der Waals surface area contributed by atoms with Crippen molar-refractivity contribution in [3.8, 4) is 11.4 Å². The summed E-state index contributed by atoms with van der Waals surface area (Å²) in [5.74, 6) is 0.0155. The maximum absolute atomic E-state index is 11.4. The summed E-state index contributed by atoms with van der Waals surface area (Å²) < 4.78 is 4.80. The second-order valence-electron chi connectivity index (χ2n) is 3.23. The molecule has 88 valence electrons. The number of H-pyrrole nitrogens is 1. The van der Waals surface area contributed by atoms with Gasteiger partial charge in [0.15, 0.2) is 5.82 Å². The molecule has 5 nitrogen and oxygen atoms in total. The quantitative estimate of drug-likeness (QED) is 0.850. The molecule has 0 spiro atoms. The van der Waals surface area contributed by atoms with Gasteiger partial charge in [-0.2, -0.15) is 5.10 Å². The van der Waals surface area contributed by atoms with Gasteiger partial charge >= 0.3 is 5.97 Å². The van der Waals surface area contributed by atoms with Gasteiger partial charge in [0.1, 0.15) is 0 Å². The van der Waals surface area contributed by atoms with Crippen LogP contribution < -0.4 is 0 Å². The molecule has 0 saturated heterocycles. The van der Waals surface area contributed by atoms with E-state index >= 15 is 0 Å². The lowest BCUT2D eigenvalue weighted by Gasteiger charge is -1.95. The molecule has 6 heteroatoms. The van der Waals surface area contributed by atoms with E-state index in [0.717, 1.165) is 5.56 Å². The third-order valence-electron chi connectivity index (χ3n) is 2.06. The lowest BCUT2D eigenvalue weighted by molar-refractivity contribution is 0.0512. The molecule has 0 radical (unpaired) electrons. The highest BCUT2D eigenvalue weighted by molar-refractivity contribution is 6.30. The van der Waals surface area contributed by atoms with E-state index in [1.165, 1.54) is 0 Å². The largest absolute Gasteiger partial charge is 0.460 e. The van der Waals surface area contributed by atoms with Crippen molar-refractivity contribution in [2.24, 2.45) is 0 Å². The van der Waals surface area contributed by atoms with Crippen molar-refractivity contribution in [3.63, 3.8) is 0 Å². The number of ether oxygens (including phenoxy) is 1.